The zero-order valence-electron chi connectivity index (χ0n) is 8.55. The third-order valence-corrected chi connectivity index (χ3v) is 2.74. The quantitative estimate of drug-likeness (QED) is 0.669. The van der Waals surface area contributed by atoms with Gasteiger partial charge >= 0.3 is 0 Å². The summed E-state index contributed by atoms with van der Waals surface area (Å²) in [6, 6.07) is 2.31. The molecule has 0 bridgehead atoms. The second-order valence-corrected chi connectivity index (χ2v) is 3.58. The van der Waals surface area contributed by atoms with Gasteiger partial charge in [-0.25, -0.2) is 9.97 Å². The molecular weight excluding hydrogens is 178 g/mol. The van der Waals surface area contributed by atoms with Gasteiger partial charge in [0.1, 0.15) is 12.1 Å². The van der Waals surface area contributed by atoms with Crippen molar-refractivity contribution in [2.24, 2.45) is 0 Å². The lowest BCUT2D eigenvalue weighted by Crippen LogP contribution is -2.48. The zero-order valence-corrected chi connectivity index (χ0v) is 8.55. The number of hydrogen-bond acceptors (Lipinski definition) is 4. The van der Waals surface area contributed by atoms with Gasteiger partial charge in [-0.1, -0.05) is 0 Å². The number of aromatic nitrogens is 2. The van der Waals surface area contributed by atoms with Gasteiger partial charge in [-0.15, -0.1) is 0 Å². The first-order valence-corrected chi connectivity index (χ1v) is 4.93. The Labute approximate surface area is 83.9 Å². The van der Waals surface area contributed by atoms with Gasteiger partial charge in [-0.05, 0) is 19.9 Å². The average molecular weight is 193 g/mol. The number of ether oxygens (including phenoxy) is 1. The van der Waals surface area contributed by atoms with Crippen LogP contribution in [0.4, 0.5) is 5.82 Å². The maximum atomic E-state index is 5.56. The third kappa shape index (κ3) is 1.70. The van der Waals surface area contributed by atoms with Crippen LogP contribution in [-0.2, 0) is 4.74 Å². The maximum absolute atomic E-state index is 5.56. The SMILES string of the molecule is C[C@@H]1OCCN(c2ccncn2)[C@@H]1C. The second-order valence-electron chi connectivity index (χ2n) is 3.58. The highest BCUT2D eigenvalue weighted by atomic mass is 16.5. The molecule has 2 rings (SSSR count). The molecule has 0 amide bonds. The van der Waals surface area contributed by atoms with E-state index in [1.54, 1.807) is 12.5 Å². The van der Waals surface area contributed by atoms with Crippen molar-refractivity contribution in [2.75, 3.05) is 18.1 Å². The molecule has 1 aliphatic heterocycles. The molecule has 1 aromatic rings. The Morgan fingerprint density at radius 2 is 2.36 bits per heavy atom. The fourth-order valence-electron chi connectivity index (χ4n) is 1.71. The van der Waals surface area contributed by atoms with E-state index in [1.165, 1.54) is 0 Å². The molecule has 0 radical (unpaired) electrons. The zero-order chi connectivity index (χ0) is 9.97. The van der Waals surface area contributed by atoms with Crippen molar-refractivity contribution in [3.63, 3.8) is 0 Å². The van der Waals surface area contributed by atoms with Crippen LogP contribution in [-0.4, -0.2) is 35.3 Å². The highest BCUT2D eigenvalue weighted by molar-refractivity contribution is 5.38. The van der Waals surface area contributed by atoms with E-state index in [0.29, 0.717) is 6.04 Å². The molecule has 14 heavy (non-hydrogen) atoms. The van der Waals surface area contributed by atoms with Crippen LogP contribution >= 0.6 is 0 Å². The maximum Gasteiger partial charge on any atom is 0.132 e. The van der Waals surface area contributed by atoms with Crippen molar-refractivity contribution in [3.05, 3.63) is 18.6 Å². The molecule has 0 aliphatic carbocycles. The molecule has 2 heterocycles. The molecule has 0 unspecified atom stereocenters. The molecule has 0 spiro atoms. The Hall–Kier alpha value is -1.16. The number of nitrogens with zero attached hydrogens (tertiary/aromatic N) is 3. The highest BCUT2D eigenvalue weighted by Gasteiger charge is 2.25. The lowest BCUT2D eigenvalue weighted by Gasteiger charge is -2.38. The van der Waals surface area contributed by atoms with E-state index in [-0.39, 0.29) is 6.10 Å². The fourth-order valence-corrected chi connectivity index (χ4v) is 1.71. The standard InChI is InChI=1S/C10H15N3O/c1-8-9(2)14-6-5-13(8)10-3-4-11-7-12-10/h3-4,7-9H,5-6H2,1-2H3/t8-,9+/m1/s1. The van der Waals surface area contributed by atoms with Gasteiger partial charge in [0.2, 0.25) is 0 Å². The minimum absolute atomic E-state index is 0.263. The van der Waals surface area contributed by atoms with E-state index in [4.69, 9.17) is 4.74 Å². The molecule has 2 atom stereocenters. The highest BCUT2D eigenvalue weighted by Crippen LogP contribution is 2.19. The summed E-state index contributed by atoms with van der Waals surface area (Å²) >= 11 is 0. The second kappa shape index (κ2) is 3.92. The molecule has 1 aromatic heterocycles. The molecule has 0 saturated carbocycles. The Balaban J connectivity index is 2.17. The van der Waals surface area contributed by atoms with Crippen LogP contribution in [0.25, 0.3) is 0 Å². The van der Waals surface area contributed by atoms with Gasteiger partial charge in [0.15, 0.2) is 0 Å². The van der Waals surface area contributed by atoms with Gasteiger partial charge in [0.25, 0.3) is 0 Å². The minimum Gasteiger partial charge on any atom is -0.375 e. The average Bonchev–Trinajstić information content (AvgIpc) is 2.23. The Morgan fingerprint density at radius 1 is 1.50 bits per heavy atom. The molecule has 1 saturated heterocycles. The Morgan fingerprint density at radius 3 is 3.07 bits per heavy atom. The monoisotopic (exact) mass is 193 g/mol. The van der Waals surface area contributed by atoms with Crippen molar-refractivity contribution in [1.29, 1.82) is 0 Å². The van der Waals surface area contributed by atoms with Gasteiger partial charge < -0.3 is 9.64 Å². The van der Waals surface area contributed by atoms with Gasteiger partial charge in [-0.3, -0.25) is 0 Å². The fraction of sp³-hybridized carbons (Fsp3) is 0.600. The van der Waals surface area contributed by atoms with Gasteiger partial charge in [0, 0.05) is 12.7 Å². The van der Waals surface area contributed by atoms with Crippen molar-refractivity contribution in [1.82, 2.24) is 9.97 Å². The number of rotatable bonds is 1. The van der Waals surface area contributed by atoms with Crippen LogP contribution in [0.2, 0.25) is 0 Å². The molecule has 0 aromatic carbocycles. The molecule has 4 nitrogen and oxygen atoms in total. The first-order chi connectivity index (χ1) is 6.79. The molecule has 1 fully saturated rings. The molecule has 4 heteroatoms. The summed E-state index contributed by atoms with van der Waals surface area (Å²) in [6.45, 7) is 5.93. The van der Waals surface area contributed by atoms with Gasteiger partial charge in [0.05, 0.1) is 18.8 Å². The first-order valence-electron chi connectivity index (χ1n) is 4.93. The van der Waals surface area contributed by atoms with Crippen LogP contribution < -0.4 is 4.90 Å². The van der Waals surface area contributed by atoms with Crippen LogP contribution in [0.15, 0.2) is 18.6 Å². The lowest BCUT2D eigenvalue weighted by molar-refractivity contribution is 0.0281. The Bertz CT molecular complexity index is 291. The normalized spacial score (nSPS) is 27.7. The lowest BCUT2D eigenvalue weighted by atomic mass is 10.1. The molecule has 0 N–H and O–H groups in total. The minimum atomic E-state index is 0.263. The molecule has 1 aliphatic rings. The van der Waals surface area contributed by atoms with Crippen molar-refractivity contribution in [2.45, 2.75) is 26.0 Å². The van der Waals surface area contributed by atoms with E-state index in [9.17, 15) is 0 Å². The molecule has 76 valence electrons. The summed E-state index contributed by atoms with van der Waals surface area (Å²) in [5, 5.41) is 0. The summed E-state index contributed by atoms with van der Waals surface area (Å²) in [5.74, 6) is 0.989. The van der Waals surface area contributed by atoms with Crippen molar-refractivity contribution >= 4 is 5.82 Å². The third-order valence-electron chi connectivity index (χ3n) is 2.74. The van der Waals surface area contributed by atoms with E-state index >= 15 is 0 Å². The van der Waals surface area contributed by atoms with Crippen molar-refractivity contribution in [3.8, 4) is 0 Å². The van der Waals surface area contributed by atoms with Crippen molar-refractivity contribution < 1.29 is 4.74 Å². The van der Waals surface area contributed by atoms with E-state index in [2.05, 4.69) is 28.7 Å². The summed E-state index contributed by atoms with van der Waals surface area (Å²) in [6.07, 6.45) is 3.62. The summed E-state index contributed by atoms with van der Waals surface area (Å²) < 4.78 is 5.56. The summed E-state index contributed by atoms with van der Waals surface area (Å²) in [5.41, 5.74) is 0. The first kappa shape index (κ1) is 9.40. The number of morpholine rings is 1. The number of hydrogen-bond donors (Lipinski definition) is 0. The predicted octanol–water partition coefficient (Wildman–Crippen LogP) is 1.09. The van der Waals surface area contributed by atoms with Crippen LogP contribution in [0.3, 0.4) is 0 Å². The summed E-state index contributed by atoms with van der Waals surface area (Å²) in [7, 11) is 0. The molecular formula is C10H15N3O. The van der Waals surface area contributed by atoms with Crippen LogP contribution in [0.5, 0.6) is 0 Å². The topological polar surface area (TPSA) is 38.2 Å². The van der Waals surface area contributed by atoms with Crippen LogP contribution in [0, 0.1) is 0 Å². The van der Waals surface area contributed by atoms with Crippen LogP contribution in [0.1, 0.15) is 13.8 Å². The smallest absolute Gasteiger partial charge is 0.132 e. The number of anilines is 1. The van der Waals surface area contributed by atoms with E-state index in [1.807, 2.05) is 6.07 Å². The predicted molar refractivity (Wildman–Crippen MR) is 54.3 cm³/mol. The summed E-state index contributed by atoms with van der Waals surface area (Å²) in [4.78, 5) is 10.4. The van der Waals surface area contributed by atoms with E-state index < -0.39 is 0 Å². The van der Waals surface area contributed by atoms with Gasteiger partial charge in [-0.2, -0.15) is 0 Å². The van der Waals surface area contributed by atoms with E-state index in [0.717, 1.165) is 19.0 Å². The Kier molecular flexibility index (Phi) is 2.63. The largest absolute Gasteiger partial charge is 0.375 e.